The highest BCUT2D eigenvalue weighted by Gasteiger charge is 2.28. The van der Waals surface area contributed by atoms with Crippen LogP contribution in [0, 0.1) is 0 Å². The standard InChI is InChI=1S/C15H20N4O/c1-16-15(14-9-5-6-10-20-14)13-11-17-18-19(13)12-7-3-2-4-8-12/h2-4,7-8,11,14-16H,5-6,9-10H2,1H3. The summed E-state index contributed by atoms with van der Waals surface area (Å²) in [6.45, 7) is 0.843. The van der Waals surface area contributed by atoms with E-state index in [0.717, 1.165) is 30.8 Å². The van der Waals surface area contributed by atoms with Crippen molar-refractivity contribution in [3.8, 4) is 5.69 Å². The van der Waals surface area contributed by atoms with Crippen molar-refractivity contribution in [2.75, 3.05) is 13.7 Å². The average Bonchev–Trinajstić information content (AvgIpc) is 2.99. The third kappa shape index (κ3) is 2.59. The molecule has 5 nitrogen and oxygen atoms in total. The highest BCUT2D eigenvalue weighted by molar-refractivity contribution is 5.32. The quantitative estimate of drug-likeness (QED) is 0.926. The third-order valence-corrected chi connectivity index (χ3v) is 3.79. The average molecular weight is 272 g/mol. The van der Waals surface area contributed by atoms with Gasteiger partial charge in [-0.25, -0.2) is 4.68 Å². The van der Waals surface area contributed by atoms with Crippen molar-refractivity contribution >= 4 is 0 Å². The number of hydrogen-bond acceptors (Lipinski definition) is 4. The molecule has 1 saturated heterocycles. The summed E-state index contributed by atoms with van der Waals surface area (Å²) in [5.41, 5.74) is 2.07. The molecule has 106 valence electrons. The lowest BCUT2D eigenvalue weighted by Crippen LogP contribution is -2.35. The molecular weight excluding hydrogens is 252 g/mol. The predicted molar refractivity (Wildman–Crippen MR) is 76.8 cm³/mol. The summed E-state index contributed by atoms with van der Waals surface area (Å²) in [6, 6.07) is 10.2. The van der Waals surface area contributed by atoms with Gasteiger partial charge in [0.15, 0.2) is 0 Å². The van der Waals surface area contributed by atoms with Crippen molar-refractivity contribution < 1.29 is 4.74 Å². The number of nitrogens with zero attached hydrogens (tertiary/aromatic N) is 3. The maximum Gasteiger partial charge on any atom is 0.0841 e. The smallest absolute Gasteiger partial charge is 0.0841 e. The first kappa shape index (κ1) is 13.3. The van der Waals surface area contributed by atoms with Crippen LogP contribution in [0.2, 0.25) is 0 Å². The number of nitrogens with one attached hydrogen (secondary N) is 1. The van der Waals surface area contributed by atoms with Gasteiger partial charge in [-0.2, -0.15) is 0 Å². The maximum atomic E-state index is 5.91. The molecule has 1 aromatic carbocycles. The monoisotopic (exact) mass is 272 g/mol. The van der Waals surface area contributed by atoms with Gasteiger partial charge in [-0.3, -0.25) is 0 Å². The summed E-state index contributed by atoms with van der Waals surface area (Å²) in [5, 5.41) is 11.7. The van der Waals surface area contributed by atoms with Crippen molar-refractivity contribution in [1.82, 2.24) is 20.3 Å². The zero-order valence-electron chi connectivity index (χ0n) is 11.7. The van der Waals surface area contributed by atoms with E-state index in [9.17, 15) is 0 Å². The molecule has 1 fully saturated rings. The van der Waals surface area contributed by atoms with E-state index in [0.29, 0.717) is 0 Å². The Hall–Kier alpha value is -1.72. The normalized spacial score (nSPS) is 20.8. The Labute approximate surface area is 118 Å². The number of benzene rings is 1. The van der Waals surface area contributed by atoms with E-state index in [-0.39, 0.29) is 12.1 Å². The van der Waals surface area contributed by atoms with Gasteiger partial charge in [0, 0.05) is 6.61 Å². The van der Waals surface area contributed by atoms with Gasteiger partial charge in [-0.05, 0) is 38.4 Å². The topological polar surface area (TPSA) is 52.0 Å². The highest BCUT2D eigenvalue weighted by atomic mass is 16.5. The predicted octanol–water partition coefficient (Wildman–Crippen LogP) is 2.10. The second kappa shape index (κ2) is 6.15. The number of ether oxygens (including phenoxy) is 1. The van der Waals surface area contributed by atoms with E-state index in [1.807, 2.05) is 48.3 Å². The van der Waals surface area contributed by atoms with E-state index in [1.165, 1.54) is 6.42 Å². The molecule has 0 amide bonds. The Balaban J connectivity index is 1.91. The number of aromatic nitrogens is 3. The fraction of sp³-hybridized carbons (Fsp3) is 0.467. The van der Waals surface area contributed by atoms with Crippen molar-refractivity contribution in [3.63, 3.8) is 0 Å². The molecule has 2 atom stereocenters. The van der Waals surface area contributed by atoms with E-state index in [2.05, 4.69) is 15.6 Å². The molecule has 0 bridgehead atoms. The van der Waals surface area contributed by atoms with Crippen LogP contribution in [0.1, 0.15) is 31.0 Å². The first-order valence-corrected chi connectivity index (χ1v) is 7.15. The zero-order chi connectivity index (χ0) is 13.8. The molecule has 5 heteroatoms. The molecule has 2 unspecified atom stereocenters. The van der Waals surface area contributed by atoms with Crippen LogP contribution in [0.3, 0.4) is 0 Å². The fourth-order valence-corrected chi connectivity index (χ4v) is 2.78. The molecule has 0 saturated carbocycles. The van der Waals surface area contributed by atoms with Crippen LogP contribution in [0.15, 0.2) is 36.5 Å². The van der Waals surface area contributed by atoms with Gasteiger partial charge < -0.3 is 10.1 Å². The van der Waals surface area contributed by atoms with E-state index in [1.54, 1.807) is 0 Å². The first-order chi connectivity index (χ1) is 9.90. The Bertz CT molecular complexity index is 534. The third-order valence-electron chi connectivity index (χ3n) is 3.79. The van der Waals surface area contributed by atoms with Crippen LogP contribution in [-0.4, -0.2) is 34.8 Å². The minimum atomic E-state index is 0.116. The van der Waals surface area contributed by atoms with Gasteiger partial charge in [0.05, 0.1) is 29.7 Å². The van der Waals surface area contributed by atoms with Crippen molar-refractivity contribution in [3.05, 3.63) is 42.2 Å². The second-order valence-electron chi connectivity index (χ2n) is 5.08. The van der Waals surface area contributed by atoms with Gasteiger partial charge >= 0.3 is 0 Å². The molecule has 20 heavy (non-hydrogen) atoms. The van der Waals surface area contributed by atoms with Crippen LogP contribution in [0.5, 0.6) is 0 Å². The molecule has 3 rings (SSSR count). The summed E-state index contributed by atoms with van der Waals surface area (Å²) in [7, 11) is 1.96. The first-order valence-electron chi connectivity index (χ1n) is 7.15. The van der Waals surface area contributed by atoms with Crippen molar-refractivity contribution in [2.24, 2.45) is 0 Å². The SMILES string of the molecule is CNC(c1cnnn1-c1ccccc1)C1CCCCO1. The minimum Gasteiger partial charge on any atom is -0.376 e. The zero-order valence-corrected chi connectivity index (χ0v) is 11.7. The number of para-hydroxylation sites is 1. The number of likely N-dealkylation sites (N-methyl/N-ethyl adjacent to an activating group) is 1. The Morgan fingerprint density at radius 1 is 1.30 bits per heavy atom. The molecule has 1 aromatic heterocycles. The highest BCUT2D eigenvalue weighted by Crippen LogP contribution is 2.26. The van der Waals surface area contributed by atoms with E-state index in [4.69, 9.17) is 4.74 Å². The fourth-order valence-electron chi connectivity index (χ4n) is 2.78. The van der Waals surface area contributed by atoms with Gasteiger partial charge in [0.2, 0.25) is 0 Å². The summed E-state index contributed by atoms with van der Waals surface area (Å²) in [5.74, 6) is 0. The minimum absolute atomic E-state index is 0.116. The van der Waals surface area contributed by atoms with Crippen LogP contribution >= 0.6 is 0 Å². The lowest BCUT2D eigenvalue weighted by molar-refractivity contribution is -0.00795. The largest absolute Gasteiger partial charge is 0.376 e. The van der Waals surface area contributed by atoms with Crippen LogP contribution in [-0.2, 0) is 4.74 Å². The van der Waals surface area contributed by atoms with Gasteiger partial charge in [0.25, 0.3) is 0 Å². The molecule has 0 spiro atoms. The van der Waals surface area contributed by atoms with Crippen LogP contribution in [0.25, 0.3) is 5.69 Å². The lowest BCUT2D eigenvalue weighted by atomic mass is 10.00. The molecule has 2 heterocycles. The maximum absolute atomic E-state index is 5.91. The number of rotatable bonds is 4. The summed E-state index contributed by atoms with van der Waals surface area (Å²) < 4.78 is 7.80. The second-order valence-corrected chi connectivity index (χ2v) is 5.08. The van der Waals surface area contributed by atoms with E-state index < -0.39 is 0 Å². The number of hydrogen-bond donors (Lipinski definition) is 1. The molecular formula is C15H20N4O. The van der Waals surface area contributed by atoms with Gasteiger partial charge in [0.1, 0.15) is 0 Å². The molecule has 1 aliphatic rings. The van der Waals surface area contributed by atoms with Gasteiger partial charge in [-0.15, -0.1) is 5.10 Å². The Morgan fingerprint density at radius 2 is 2.15 bits per heavy atom. The lowest BCUT2D eigenvalue weighted by Gasteiger charge is -2.30. The summed E-state index contributed by atoms with van der Waals surface area (Å²) in [6.07, 6.45) is 5.46. The molecule has 1 N–H and O–H groups in total. The van der Waals surface area contributed by atoms with Crippen LogP contribution < -0.4 is 5.32 Å². The molecule has 0 radical (unpaired) electrons. The Morgan fingerprint density at radius 3 is 2.85 bits per heavy atom. The summed E-state index contributed by atoms with van der Waals surface area (Å²) in [4.78, 5) is 0. The Kier molecular flexibility index (Phi) is 4.08. The molecule has 2 aromatic rings. The van der Waals surface area contributed by atoms with Crippen molar-refractivity contribution in [1.29, 1.82) is 0 Å². The van der Waals surface area contributed by atoms with Crippen molar-refractivity contribution in [2.45, 2.75) is 31.4 Å². The molecule has 1 aliphatic heterocycles. The van der Waals surface area contributed by atoms with E-state index >= 15 is 0 Å². The summed E-state index contributed by atoms with van der Waals surface area (Å²) >= 11 is 0. The van der Waals surface area contributed by atoms with Gasteiger partial charge in [-0.1, -0.05) is 23.4 Å². The van der Waals surface area contributed by atoms with Crippen LogP contribution in [0.4, 0.5) is 0 Å². The molecule has 0 aliphatic carbocycles.